The molecule has 1 heterocycles. The van der Waals surface area contributed by atoms with Crippen LogP contribution in [0.5, 0.6) is 0 Å². The van der Waals surface area contributed by atoms with Crippen LogP contribution in [0.15, 0.2) is 30.3 Å². The van der Waals surface area contributed by atoms with Crippen LogP contribution in [-0.2, 0) is 20.9 Å². The van der Waals surface area contributed by atoms with Gasteiger partial charge < -0.3 is 20.5 Å². The van der Waals surface area contributed by atoms with E-state index in [1.54, 1.807) is 0 Å². The van der Waals surface area contributed by atoms with E-state index in [0.717, 1.165) is 24.8 Å². The molecule has 8 heteroatoms. The third-order valence-electron chi connectivity index (χ3n) is 5.64. The van der Waals surface area contributed by atoms with Crippen molar-refractivity contribution in [3.05, 3.63) is 35.9 Å². The number of nitrogens with zero attached hydrogens (tertiary/aromatic N) is 1. The summed E-state index contributed by atoms with van der Waals surface area (Å²) in [5.74, 6) is -0.862. The number of carbonyl (C=O) groups excluding carboxylic acids is 3. The zero-order chi connectivity index (χ0) is 23.2. The maximum Gasteiger partial charge on any atom is 0.410 e. The van der Waals surface area contributed by atoms with E-state index in [1.165, 1.54) is 24.2 Å². The Labute approximate surface area is 190 Å². The van der Waals surface area contributed by atoms with Crippen LogP contribution in [0.1, 0.15) is 63.9 Å². The Hall–Kier alpha value is -2.61. The summed E-state index contributed by atoms with van der Waals surface area (Å²) in [7, 11) is 0. The minimum atomic E-state index is -1.04. The highest BCUT2D eigenvalue weighted by Gasteiger charge is 2.36. The minimum absolute atomic E-state index is 0.130. The van der Waals surface area contributed by atoms with E-state index in [2.05, 4.69) is 17.6 Å². The predicted molar refractivity (Wildman–Crippen MR) is 122 cm³/mol. The van der Waals surface area contributed by atoms with Gasteiger partial charge in [-0.1, -0.05) is 69.4 Å². The van der Waals surface area contributed by atoms with Gasteiger partial charge in [0.15, 0.2) is 0 Å². The van der Waals surface area contributed by atoms with Crippen molar-refractivity contribution in [2.45, 2.75) is 77.0 Å². The lowest BCUT2D eigenvalue weighted by molar-refractivity contribution is -0.132. The summed E-state index contributed by atoms with van der Waals surface area (Å²) in [6.45, 7) is 2.73. The van der Waals surface area contributed by atoms with Crippen molar-refractivity contribution in [1.29, 1.82) is 0 Å². The molecule has 3 amide bonds. The number of hydrogen-bond acceptors (Lipinski definition) is 5. The van der Waals surface area contributed by atoms with Crippen molar-refractivity contribution < 1.29 is 24.2 Å². The van der Waals surface area contributed by atoms with Crippen LogP contribution in [0.25, 0.3) is 0 Å². The summed E-state index contributed by atoms with van der Waals surface area (Å²) in [6, 6.07) is 7.58. The zero-order valence-electron chi connectivity index (χ0n) is 19.1. The number of ether oxygens (including phenoxy) is 1. The molecular weight excluding hydrogens is 410 g/mol. The van der Waals surface area contributed by atoms with Gasteiger partial charge in [-0.25, -0.2) is 4.79 Å². The van der Waals surface area contributed by atoms with Crippen LogP contribution >= 0.6 is 0 Å². The monoisotopic (exact) mass is 447 g/mol. The molecule has 1 aliphatic heterocycles. The Morgan fingerprint density at radius 2 is 1.84 bits per heavy atom. The number of benzene rings is 1. The summed E-state index contributed by atoms with van der Waals surface area (Å²) in [5, 5.41) is 15.0. The van der Waals surface area contributed by atoms with Gasteiger partial charge in [0.2, 0.25) is 11.8 Å². The van der Waals surface area contributed by atoms with Crippen LogP contribution in [0.2, 0.25) is 0 Å². The van der Waals surface area contributed by atoms with Gasteiger partial charge in [0.05, 0.1) is 6.61 Å². The predicted octanol–water partition coefficient (Wildman–Crippen LogP) is 2.74. The number of unbranched alkanes of at least 4 members (excludes halogenated alkanes) is 5. The fraction of sp³-hybridized carbons (Fsp3) is 0.625. The number of aliphatic hydroxyl groups excluding tert-OH is 1. The van der Waals surface area contributed by atoms with Crippen molar-refractivity contribution >= 4 is 17.9 Å². The Kier molecular flexibility index (Phi) is 11.6. The summed E-state index contributed by atoms with van der Waals surface area (Å²) >= 11 is 0. The quantitative estimate of drug-likeness (QED) is 0.403. The lowest BCUT2D eigenvalue weighted by Crippen LogP contribution is -2.54. The second-order valence-corrected chi connectivity index (χ2v) is 8.19. The van der Waals surface area contributed by atoms with Crippen LogP contribution in [-0.4, -0.2) is 59.7 Å². The van der Waals surface area contributed by atoms with Crippen molar-refractivity contribution in [2.75, 3.05) is 19.7 Å². The van der Waals surface area contributed by atoms with Crippen LogP contribution in [0.4, 0.5) is 4.79 Å². The lowest BCUT2D eigenvalue weighted by Gasteiger charge is -2.25. The van der Waals surface area contributed by atoms with E-state index in [-0.39, 0.29) is 6.61 Å². The van der Waals surface area contributed by atoms with Gasteiger partial charge in [-0.15, -0.1) is 0 Å². The van der Waals surface area contributed by atoms with Crippen molar-refractivity contribution in [2.24, 2.45) is 0 Å². The maximum atomic E-state index is 12.7. The van der Waals surface area contributed by atoms with Gasteiger partial charge in [-0.05, 0) is 24.8 Å². The Bertz CT molecular complexity index is 713. The first-order chi connectivity index (χ1) is 15.6. The molecule has 1 aromatic rings. The standard InChI is InChI=1S/C24H37N3O5/c1-2-3-4-5-6-10-15-25-22(29)20(17-28)26-23(30)21-14-11-16-27(21)24(31)32-18-19-12-8-7-9-13-19/h7-9,12-13,20-21,28H,2-6,10-11,14-18H2,1H3,(H,25,29)(H,26,30)/t20?,21-/m1/s1. The number of aliphatic hydroxyl groups is 1. The van der Waals surface area contributed by atoms with Gasteiger partial charge in [0, 0.05) is 13.1 Å². The second kappa shape index (κ2) is 14.5. The van der Waals surface area contributed by atoms with Crippen molar-refractivity contribution in [3.8, 4) is 0 Å². The smallest absolute Gasteiger partial charge is 0.410 e. The highest BCUT2D eigenvalue weighted by Crippen LogP contribution is 2.19. The topological polar surface area (TPSA) is 108 Å². The molecule has 0 aliphatic carbocycles. The largest absolute Gasteiger partial charge is 0.445 e. The molecule has 1 saturated heterocycles. The number of amides is 3. The van der Waals surface area contributed by atoms with E-state index >= 15 is 0 Å². The fourth-order valence-electron chi connectivity index (χ4n) is 3.76. The summed E-state index contributed by atoms with van der Waals surface area (Å²) in [5.41, 5.74) is 0.864. The molecular formula is C24H37N3O5. The molecule has 2 rings (SSSR count). The first-order valence-electron chi connectivity index (χ1n) is 11.7. The van der Waals surface area contributed by atoms with Crippen molar-refractivity contribution in [1.82, 2.24) is 15.5 Å². The van der Waals surface area contributed by atoms with Crippen LogP contribution in [0.3, 0.4) is 0 Å². The Morgan fingerprint density at radius 3 is 2.56 bits per heavy atom. The lowest BCUT2D eigenvalue weighted by atomic mass is 10.1. The SMILES string of the molecule is CCCCCCCCNC(=O)C(CO)NC(=O)[C@H]1CCCN1C(=O)OCc1ccccc1. The number of carbonyl (C=O) groups is 3. The first-order valence-corrected chi connectivity index (χ1v) is 11.7. The minimum Gasteiger partial charge on any atom is -0.445 e. The van der Waals surface area contributed by atoms with E-state index in [1.807, 2.05) is 30.3 Å². The zero-order valence-corrected chi connectivity index (χ0v) is 19.1. The molecule has 0 radical (unpaired) electrons. The van der Waals surface area contributed by atoms with Crippen LogP contribution in [0, 0.1) is 0 Å². The molecule has 1 unspecified atom stereocenters. The molecule has 2 atom stereocenters. The molecule has 3 N–H and O–H groups in total. The van der Waals surface area contributed by atoms with Gasteiger partial charge in [-0.3, -0.25) is 14.5 Å². The molecule has 8 nitrogen and oxygen atoms in total. The van der Waals surface area contributed by atoms with Gasteiger partial charge in [0.25, 0.3) is 0 Å². The molecule has 0 bridgehead atoms. The molecule has 0 spiro atoms. The van der Waals surface area contributed by atoms with Gasteiger partial charge in [-0.2, -0.15) is 0 Å². The number of nitrogens with one attached hydrogen (secondary N) is 2. The molecule has 1 aromatic carbocycles. The third-order valence-corrected chi connectivity index (χ3v) is 5.64. The Balaban J connectivity index is 1.76. The van der Waals surface area contributed by atoms with Gasteiger partial charge >= 0.3 is 6.09 Å². The second-order valence-electron chi connectivity index (χ2n) is 8.19. The number of likely N-dealkylation sites (tertiary alicyclic amines) is 1. The molecule has 1 aliphatic rings. The van der Waals surface area contributed by atoms with E-state index in [0.29, 0.717) is 25.9 Å². The van der Waals surface area contributed by atoms with Crippen LogP contribution < -0.4 is 10.6 Å². The number of rotatable bonds is 13. The molecule has 32 heavy (non-hydrogen) atoms. The average Bonchev–Trinajstić information content (AvgIpc) is 3.31. The Morgan fingerprint density at radius 1 is 1.12 bits per heavy atom. The summed E-state index contributed by atoms with van der Waals surface area (Å²) in [4.78, 5) is 39.0. The summed E-state index contributed by atoms with van der Waals surface area (Å²) in [6.07, 6.45) is 7.27. The van der Waals surface area contributed by atoms with E-state index < -0.39 is 36.6 Å². The molecule has 0 aromatic heterocycles. The van der Waals surface area contributed by atoms with Gasteiger partial charge in [0.1, 0.15) is 18.7 Å². The summed E-state index contributed by atoms with van der Waals surface area (Å²) < 4.78 is 5.35. The fourth-order valence-corrected chi connectivity index (χ4v) is 3.76. The first kappa shape index (κ1) is 25.6. The third kappa shape index (κ3) is 8.49. The van der Waals surface area contributed by atoms with Crippen molar-refractivity contribution in [3.63, 3.8) is 0 Å². The van der Waals surface area contributed by atoms with E-state index in [4.69, 9.17) is 4.74 Å². The molecule has 178 valence electrons. The molecule has 0 saturated carbocycles. The highest BCUT2D eigenvalue weighted by atomic mass is 16.6. The average molecular weight is 448 g/mol. The number of hydrogen-bond donors (Lipinski definition) is 3. The highest BCUT2D eigenvalue weighted by molar-refractivity contribution is 5.91. The maximum absolute atomic E-state index is 12.7. The van der Waals surface area contributed by atoms with E-state index in [9.17, 15) is 19.5 Å². The molecule has 1 fully saturated rings. The normalized spacial score (nSPS) is 16.4.